The molecule has 5 unspecified atom stereocenters. The normalized spacial score (nSPS) is 22.1. The van der Waals surface area contributed by atoms with Gasteiger partial charge in [0.2, 0.25) is 0 Å². The summed E-state index contributed by atoms with van der Waals surface area (Å²) in [5.74, 6) is 0.306. The van der Waals surface area contributed by atoms with E-state index in [-0.39, 0.29) is 23.3 Å². The number of hydrogen-bond acceptors (Lipinski definition) is 4. The van der Waals surface area contributed by atoms with Crippen LogP contribution in [-0.2, 0) is 9.47 Å². The highest BCUT2D eigenvalue weighted by Gasteiger charge is 2.33. The van der Waals surface area contributed by atoms with Crippen LogP contribution in [0.1, 0.15) is 67.7 Å². The molecule has 21 heavy (non-hydrogen) atoms. The quantitative estimate of drug-likeness (QED) is 0.615. The first kappa shape index (κ1) is 20.8. The molecule has 0 rings (SSSR count). The van der Waals surface area contributed by atoms with Crippen LogP contribution in [0.5, 0.6) is 0 Å². The summed E-state index contributed by atoms with van der Waals surface area (Å²) in [5.41, 5.74) is 11.4. The Balaban J connectivity index is 4.58. The van der Waals surface area contributed by atoms with E-state index in [1.165, 1.54) is 0 Å². The van der Waals surface area contributed by atoms with Crippen LogP contribution in [0.15, 0.2) is 0 Å². The fourth-order valence-electron chi connectivity index (χ4n) is 2.40. The van der Waals surface area contributed by atoms with Crippen LogP contribution < -0.4 is 11.5 Å². The van der Waals surface area contributed by atoms with E-state index in [4.69, 9.17) is 20.9 Å². The average molecular weight is 303 g/mol. The minimum absolute atomic E-state index is 0.0583. The molecule has 0 aliphatic carbocycles. The molecular weight excluding hydrogens is 264 g/mol. The molecule has 0 aromatic heterocycles. The van der Waals surface area contributed by atoms with E-state index in [2.05, 4.69) is 34.6 Å². The van der Waals surface area contributed by atoms with Crippen molar-refractivity contribution in [2.24, 2.45) is 17.4 Å². The van der Waals surface area contributed by atoms with E-state index < -0.39 is 0 Å². The van der Waals surface area contributed by atoms with E-state index in [0.717, 1.165) is 19.3 Å². The van der Waals surface area contributed by atoms with Gasteiger partial charge in [-0.05, 0) is 47.0 Å². The van der Waals surface area contributed by atoms with Crippen molar-refractivity contribution in [3.8, 4) is 0 Å². The van der Waals surface area contributed by atoms with Gasteiger partial charge in [0.25, 0.3) is 0 Å². The van der Waals surface area contributed by atoms with Gasteiger partial charge in [-0.15, -0.1) is 0 Å². The highest BCUT2D eigenvalue weighted by molar-refractivity contribution is 4.83. The second-order valence-corrected chi connectivity index (χ2v) is 7.15. The fourth-order valence-corrected chi connectivity index (χ4v) is 2.40. The third-order valence-corrected chi connectivity index (χ3v) is 4.60. The lowest BCUT2D eigenvalue weighted by Gasteiger charge is -2.38. The van der Waals surface area contributed by atoms with E-state index in [1.807, 2.05) is 13.8 Å². The van der Waals surface area contributed by atoms with E-state index in [9.17, 15) is 0 Å². The van der Waals surface area contributed by atoms with Crippen molar-refractivity contribution in [2.45, 2.75) is 91.0 Å². The number of rotatable bonds is 11. The van der Waals surface area contributed by atoms with Crippen molar-refractivity contribution >= 4 is 0 Å². The van der Waals surface area contributed by atoms with Gasteiger partial charge in [-0.2, -0.15) is 0 Å². The van der Waals surface area contributed by atoms with Crippen LogP contribution in [-0.4, -0.2) is 36.5 Å². The monoisotopic (exact) mass is 302 g/mol. The average Bonchev–Trinajstić information content (AvgIpc) is 2.41. The molecule has 0 radical (unpaired) electrons. The summed E-state index contributed by atoms with van der Waals surface area (Å²) in [7, 11) is 0. The molecule has 128 valence electrons. The molecule has 0 fully saturated rings. The predicted molar refractivity (Wildman–Crippen MR) is 90.4 cm³/mol. The molecule has 0 aromatic rings. The smallest absolute Gasteiger partial charge is 0.0700 e. The molecule has 0 saturated heterocycles. The summed E-state index contributed by atoms with van der Waals surface area (Å²) >= 11 is 0. The zero-order chi connectivity index (χ0) is 16.7. The fraction of sp³-hybridized carbons (Fsp3) is 1.00. The summed E-state index contributed by atoms with van der Waals surface area (Å²) in [6, 6.07) is 0.208. The Morgan fingerprint density at radius 2 is 1.43 bits per heavy atom. The van der Waals surface area contributed by atoms with Gasteiger partial charge in [0.15, 0.2) is 0 Å². The zero-order valence-corrected chi connectivity index (χ0v) is 15.2. The molecule has 4 heteroatoms. The van der Waals surface area contributed by atoms with Crippen LogP contribution in [0.25, 0.3) is 0 Å². The van der Waals surface area contributed by atoms with E-state index >= 15 is 0 Å². The number of hydrogen-bond donors (Lipinski definition) is 2. The third kappa shape index (κ3) is 7.59. The molecule has 0 aromatic carbocycles. The van der Waals surface area contributed by atoms with Crippen LogP contribution >= 0.6 is 0 Å². The topological polar surface area (TPSA) is 70.5 Å². The SMILES string of the molecule is CCC(C)(CC(C)N)OCC(C)C(C)(CC)OCC(C)N. The standard InChI is InChI=1S/C17H38N2O2/c1-8-16(6,10-14(4)18)20-11-13(3)17(7,9-2)21-12-15(5)19/h13-15H,8-12,18-19H2,1-7H3. The Bertz CT molecular complexity index is 284. The van der Waals surface area contributed by atoms with Crippen molar-refractivity contribution in [3.63, 3.8) is 0 Å². The van der Waals surface area contributed by atoms with E-state index in [0.29, 0.717) is 19.1 Å². The van der Waals surface area contributed by atoms with E-state index in [1.54, 1.807) is 0 Å². The number of ether oxygens (including phenoxy) is 2. The summed E-state index contributed by atoms with van der Waals surface area (Å²) in [5, 5.41) is 0. The van der Waals surface area contributed by atoms with Crippen LogP contribution in [0.4, 0.5) is 0 Å². The molecule has 0 heterocycles. The summed E-state index contributed by atoms with van der Waals surface area (Å²) in [6.07, 6.45) is 2.78. The van der Waals surface area contributed by atoms with Gasteiger partial charge in [-0.3, -0.25) is 0 Å². The summed E-state index contributed by atoms with van der Waals surface area (Å²) < 4.78 is 12.3. The maximum absolute atomic E-state index is 6.21. The maximum Gasteiger partial charge on any atom is 0.0700 e. The van der Waals surface area contributed by atoms with Crippen molar-refractivity contribution in [3.05, 3.63) is 0 Å². The van der Waals surface area contributed by atoms with Gasteiger partial charge >= 0.3 is 0 Å². The third-order valence-electron chi connectivity index (χ3n) is 4.60. The lowest BCUT2D eigenvalue weighted by molar-refractivity contribution is -0.125. The first-order valence-corrected chi connectivity index (χ1v) is 8.37. The Morgan fingerprint density at radius 3 is 1.81 bits per heavy atom. The Morgan fingerprint density at radius 1 is 0.857 bits per heavy atom. The highest BCUT2D eigenvalue weighted by Crippen LogP contribution is 2.29. The molecule has 0 aliphatic heterocycles. The van der Waals surface area contributed by atoms with Gasteiger partial charge in [0.05, 0.1) is 24.4 Å². The van der Waals surface area contributed by atoms with Gasteiger partial charge in [0, 0.05) is 18.0 Å². The first-order valence-electron chi connectivity index (χ1n) is 8.37. The summed E-state index contributed by atoms with van der Waals surface area (Å²) in [4.78, 5) is 0. The minimum atomic E-state index is -0.198. The Hall–Kier alpha value is -0.160. The largest absolute Gasteiger partial charge is 0.375 e. The highest BCUT2D eigenvalue weighted by atomic mass is 16.5. The van der Waals surface area contributed by atoms with Gasteiger partial charge < -0.3 is 20.9 Å². The van der Waals surface area contributed by atoms with Crippen LogP contribution in [0, 0.1) is 5.92 Å². The van der Waals surface area contributed by atoms with Crippen molar-refractivity contribution in [1.82, 2.24) is 0 Å². The Labute approximate surface area is 131 Å². The summed E-state index contributed by atoms with van der Waals surface area (Å²) in [6.45, 7) is 16.0. The second-order valence-electron chi connectivity index (χ2n) is 7.15. The Kier molecular flexibility index (Phi) is 9.02. The molecule has 0 spiro atoms. The second kappa shape index (κ2) is 9.09. The van der Waals surface area contributed by atoms with Crippen LogP contribution in [0.2, 0.25) is 0 Å². The molecule has 5 atom stereocenters. The molecule has 0 amide bonds. The van der Waals surface area contributed by atoms with Crippen molar-refractivity contribution in [1.29, 1.82) is 0 Å². The molecular formula is C17H38N2O2. The molecule has 0 aliphatic rings. The number of nitrogens with two attached hydrogens (primary N) is 2. The maximum atomic E-state index is 6.21. The minimum Gasteiger partial charge on any atom is -0.375 e. The van der Waals surface area contributed by atoms with Crippen molar-refractivity contribution < 1.29 is 9.47 Å². The predicted octanol–water partition coefficient (Wildman–Crippen LogP) is 3.08. The van der Waals surface area contributed by atoms with Gasteiger partial charge in [-0.1, -0.05) is 20.8 Å². The first-order chi connectivity index (χ1) is 9.58. The molecule has 4 N–H and O–H groups in total. The van der Waals surface area contributed by atoms with Crippen LogP contribution in [0.3, 0.4) is 0 Å². The lowest BCUT2D eigenvalue weighted by Crippen LogP contribution is -2.43. The lowest BCUT2D eigenvalue weighted by atomic mass is 9.87. The molecule has 0 saturated carbocycles. The van der Waals surface area contributed by atoms with Crippen molar-refractivity contribution in [2.75, 3.05) is 13.2 Å². The molecule has 4 nitrogen and oxygen atoms in total. The zero-order valence-electron chi connectivity index (χ0n) is 15.2. The molecule has 0 bridgehead atoms. The van der Waals surface area contributed by atoms with Gasteiger partial charge in [-0.25, -0.2) is 0 Å². The van der Waals surface area contributed by atoms with Gasteiger partial charge in [0.1, 0.15) is 0 Å².